The molecule has 116 valence electrons. The fourth-order valence-corrected chi connectivity index (χ4v) is 2.61. The molecule has 3 rings (SSSR count). The molecular formula is C15H19N5O2. The molecule has 0 bridgehead atoms. The Bertz CT molecular complexity index is 618. The van der Waals surface area contributed by atoms with Gasteiger partial charge in [0.25, 0.3) is 0 Å². The van der Waals surface area contributed by atoms with Crippen molar-refractivity contribution >= 4 is 11.7 Å². The molecule has 0 radical (unpaired) electrons. The Kier molecular flexibility index (Phi) is 3.95. The predicted molar refractivity (Wildman–Crippen MR) is 81.6 cm³/mol. The van der Waals surface area contributed by atoms with Crippen LogP contribution in [-0.4, -0.2) is 56.6 Å². The first-order valence-corrected chi connectivity index (χ1v) is 7.31. The van der Waals surface area contributed by atoms with Gasteiger partial charge in [-0.1, -0.05) is 0 Å². The van der Waals surface area contributed by atoms with Crippen molar-refractivity contribution in [3.8, 4) is 5.75 Å². The van der Waals surface area contributed by atoms with E-state index in [4.69, 9.17) is 0 Å². The molecule has 22 heavy (non-hydrogen) atoms. The monoisotopic (exact) mass is 301 g/mol. The summed E-state index contributed by atoms with van der Waals surface area (Å²) in [4.78, 5) is 24.7. The van der Waals surface area contributed by atoms with E-state index in [0.29, 0.717) is 13.1 Å². The number of pyridine rings is 1. The molecule has 7 heteroatoms. The highest BCUT2D eigenvalue weighted by atomic mass is 16.3. The van der Waals surface area contributed by atoms with Crippen LogP contribution in [0, 0.1) is 0 Å². The van der Waals surface area contributed by atoms with Crippen molar-refractivity contribution in [2.24, 2.45) is 0 Å². The zero-order valence-electron chi connectivity index (χ0n) is 12.5. The number of amides is 1. The van der Waals surface area contributed by atoms with Crippen LogP contribution in [0.5, 0.6) is 5.75 Å². The third kappa shape index (κ3) is 2.88. The number of anilines is 1. The molecule has 0 aliphatic carbocycles. The van der Waals surface area contributed by atoms with Crippen LogP contribution in [0.4, 0.5) is 5.82 Å². The molecule has 2 aromatic heterocycles. The van der Waals surface area contributed by atoms with Gasteiger partial charge in [-0.2, -0.15) is 0 Å². The average molecular weight is 301 g/mol. The molecule has 3 heterocycles. The fourth-order valence-electron chi connectivity index (χ4n) is 2.61. The van der Waals surface area contributed by atoms with Crippen LogP contribution in [0.15, 0.2) is 37.1 Å². The molecule has 1 amide bonds. The van der Waals surface area contributed by atoms with Gasteiger partial charge in [-0.15, -0.1) is 0 Å². The van der Waals surface area contributed by atoms with Gasteiger partial charge in [0.1, 0.15) is 17.6 Å². The van der Waals surface area contributed by atoms with E-state index >= 15 is 0 Å². The number of imidazole rings is 1. The molecule has 7 nitrogen and oxygen atoms in total. The van der Waals surface area contributed by atoms with E-state index in [9.17, 15) is 9.90 Å². The van der Waals surface area contributed by atoms with Gasteiger partial charge in [-0.3, -0.25) is 4.79 Å². The summed E-state index contributed by atoms with van der Waals surface area (Å²) >= 11 is 0. The van der Waals surface area contributed by atoms with Crippen molar-refractivity contribution in [2.45, 2.75) is 13.0 Å². The van der Waals surface area contributed by atoms with E-state index in [0.717, 1.165) is 18.9 Å². The third-order valence-corrected chi connectivity index (χ3v) is 3.98. The lowest BCUT2D eigenvalue weighted by molar-refractivity contribution is -0.134. The van der Waals surface area contributed by atoms with Gasteiger partial charge in [0.2, 0.25) is 5.91 Å². The summed E-state index contributed by atoms with van der Waals surface area (Å²) in [5.41, 5.74) is 0. The third-order valence-electron chi connectivity index (χ3n) is 3.98. The Morgan fingerprint density at radius 2 is 2.05 bits per heavy atom. The van der Waals surface area contributed by atoms with E-state index in [-0.39, 0.29) is 17.7 Å². The number of nitrogens with zero attached hydrogens (tertiary/aromatic N) is 5. The van der Waals surface area contributed by atoms with Crippen LogP contribution in [0.25, 0.3) is 0 Å². The van der Waals surface area contributed by atoms with Gasteiger partial charge in [0.05, 0.1) is 12.5 Å². The molecule has 1 N–H and O–H groups in total. The zero-order chi connectivity index (χ0) is 15.5. The van der Waals surface area contributed by atoms with Crippen molar-refractivity contribution in [2.75, 3.05) is 31.1 Å². The maximum Gasteiger partial charge on any atom is 0.245 e. The number of aromatic hydroxyl groups is 1. The molecule has 0 spiro atoms. The van der Waals surface area contributed by atoms with E-state index in [2.05, 4.69) is 14.9 Å². The van der Waals surface area contributed by atoms with Gasteiger partial charge >= 0.3 is 0 Å². The largest absolute Gasteiger partial charge is 0.506 e. The normalized spacial score (nSPS) is 16.6. The van der Waals surface area contributed by atoms with Crippen molar-refractivity contribution in [1.82, 2.24) is 19.4 Å². The summed E-state index contributed by atoms with van der Waals surface area (Å²) in [6.45, 7) is 4.69. The SMILES string of the molecule is CC(C(=O)N1CCN(c2ccc(O)cn2)CC1)n1ccnc1. The maximum absolute atomic E-state index is 12.5. The first-order valence-electron chi connectivity index (χ1n) is 7.31. The Hall–Kier alpha value is -2.57. The smallest absolute Gasteiger partial charge is 0.245 e. The number of carbonyl (C=O) groups excluding carboxylic acids is 1. The molecule has 1 unspecified atom stereocenters. The Labute approximate surface area is 128 Å². The zero-order valence-corrected chi connectivity index (χ0v) is 12.5. The lowest BCUT2D eigenvalue weighted by atomic mass is 10.2. The second kappa shape index (κ2) is 6.05. The number of hydrogen-bond acceptors (Lipinski definition) is 5. The van der Waals surface area contributed by atoms with Crippen molar-refractivity contribution in [3.63, 3.8) is 0 Å². The lowest BCUT2D eigenvalue weighted by Crippen LogP contribution is -2.50. The van der Waals surface area contributed by atoms with E-state index in [1.165, 1.54) is 6.20 Å². The number of hydrogen-bond donors (Lipinski definition) is 1. The van der Waals surface area contributed by atoms with Crippen LogP contribution < -0.4 is 4.90 Å². The van der Waals surface area contributed by atoms with Gasteiger partial charge < -0.3 is 19.5 Å². The standard InChI is InChI=1S/C15H19N5O2/c1-12(20-5-4-16-11-20)15(22)19-8-6-18(7-9-19)14-3-2-13(21)10-17-14/h2-5,10-12,21H,6-9H2,1H3. The fraction of sp³-hybridized carbons (Fsp3) is 0.400. The van der Waals surface area contributed by atoms with Crippen LogP contribution in [0.2, 0.25) is 0 Å². The molecular weight excluding hydrogens is 282 g/mol. The number of piperazine rings is 1. The van der Waals surface area contributed by atoms with Crippen molar-refractivity contribution in [1.29, 1.82) is 0 Å². The molecule has 1 aliphatic rings. The molecule has 0 aromatic carbocycles. The highest BCUT2D eigenvalue weighted by molar-refractivity contribution is 5.80. The van der Waals surface area contributed by atoms with Crippen molar-refractivity contribution in [3.05, 3.63) is 37.1 Å². The second-order valence-corrected chi connectivity index (χ2v) is 5.37. The Balaban J connectivity index is 1.59. The number of aromatic nitrogens is 3. The summed E-state index contributed by atoms with van der Waals surface area (Å²) in [6, 6.07) is 3.18. The first kappa shape index (κ1) is 14.4. The predicted octanol–water partition coefficient (Wildman–Crippen LogP) is 0.893. The van der Waals surface area contributed by atoms with E-state index in [1.807, 2.05) is 16.4 Å². The van der Waals surface area contributed by atoms with Crippen LogP contribution in [0.3, 0.4) is 0 Å². The molecule has 1 fully saturated rings. The minimum absolute atomic E-state index is 0.108. The maximum atomic E-state index is 12.5. The van der Waals surface area contributed by atoms with Crippen LogP contribution in [-0.2, 0) is 4.79 Å². The summed E-state index contributed by atoms with van der Waals surface area (Å²) < 4.78 is 1.82. The first-order chi connectivity index (χ1) is 10.6. The lowest BCUT2D eigenvalue weighted by Gasteiger charge is -2.36. The number of carbonyl (C=O) groups is 1. The van der Waals surface area contributed by atoms with Gasteiger partial charge in [-0.05, 0) is 19.1 Å². The molecule has 1 saturated heterocycles. The average Bonchev–Trinajstić information content (AvgIpc) is 3.09. The minimum atomic E-state index is -0.235. The van der Waals surface area contributed by atoms with Crippen LogP contribution >= 0.6 is 0 Å². The van der Waals surface area contributed by atoms with Gasteiger partial charge in [0, 0.05) is 38.6 Å². The van der Waals surface area contributed by atoms with Crippen molar-refractivity contribution < 1.29 is 9.90 Å². The highest BCUT2D eigenvalue weighted by Crippen LogP contribution is 2.18. The molecule has 1 atom stereocenters. The highest BCUT2D eigenvalue weighted by Gasteiger charge is 2.26. The Morgan fingerprint density at radius 3 is 2.64 bits per heavy atom. The molecule has 0 saturated carbocycles. The quantitative estimate of drug-likeness (QED) is 0.911. The molecule has 2 aromatic rings. The molecule has 1 aliphatic heterocycles. The topological polar surface area (TPSA) is 74.5 Å². The minimum Gasteiger partial charge on any atom is -0.506 e. The summed E-state index contributed by atoms with van der Waals surface area (Å²) in [5.74, 6) is 1.09. The second-order valence-electron chi connectivity index (χ2n) is 5.37. The number of rotatable bonds is 3. The van der Waals surface area contributed by atoms with Gasteiger partial charge in [-0.25, -0.2) is 9.97 Å². The van der Waals surface area contributed by atoms with Crippen LogP contribution in [0.1, 0.15) is 13.0 Å². The van der Waals surface area contributed by atoms with E-state index in [1.54, 1.807) is 30.9 Å². The van der Waals surface area contributed by atoms with E-state index < -0.39 is 0 Å². The van der Waals surface area contributed by atoms with Gasteiger partial charge in [0.15, 0.2) is 0 Å². The summed E-state index contributed by atoms with van der Waals surface area (Å²) in [5, 5.41) is 9.28. The summed E-state index contributed by atoms with van der Waals surface area (Å²) in [7, 11) is 0. The Morgan fingerprint density at radius 1 is 1.27 bits per heavy atom. The summed E-state index contributed by atoms with van der Waals surface area (Å²) in [6.07, 6.45) is 6.59.